The first-order chi connectivity index (χ1) is 22.6. The molecule has 2 aliphatic carbocycles. The van der Waals surface area contributed by atoms with Crippen molar-refractivity contribution in [1.29, 1.82) is 0 Å². The van der Waals surface area contributed by atoms with Gasteiger partial charge < -0.3 is 43.5 Å². The third kappa shape index (κ3) is 6.85. The number of rotatable bonds is 9. The van der Waals surface area contributed by atoms with Crippen LogP contribution >= 0.6 is 0 Å². The Morgan fingerprint density at radius 3 is 2.12 bits per heavy atom. The lowest BCUT2D eigenvalue weighted by molar-refractivity contribution is -0.186. The van der Waals surface area contributed by atoms with Crippen LogP contribution in [0.15, 0.2) is 24.0 Å². The van der Waals surface area contributed by atoms with Crippen molar-refractivity contribution in [2.45, 2.75) is 127 Å². The number of piperidine rings is 1. The lowest BCUT2D eigenvalue weighted by Gasteiger charge is -2.61. The molecule has 1 aromatic rings. The van der Waals surface area contributed by atoms with Gasteiger partial charge in [0.25, 0.3) is 0 Å². The van der Waals surface area contributed by atoms with Crippen molar-refractivity contribution in [3.05, 3.63) is 35.1 Å². The highest BCUT2D eigenvalue weighted by atomic mass is 16.6. The summed E-state index contributed by atoms with van der Waals surface area (Å²) in [6.45, 7) is 11.3. The van der Waals surface area contributed by atoms with E-state index in [0.717, 1.165) is 12.5 Å². The van der Waals surface area contributed by atoms with E-state index in [1.165, 1.54) is 12.1 Å². The van der Waals surface area contributed by atoms with Gasteiger partial charge in [0.05, 0.1) is 23.9 Å². The summed E-state index contributed by atoms with van der Waals surface area (Å²) in [5, 5.41) is 23.2. The highest BCUT2D eigenvalue weighted by Crippen LogP contribution is 2.65. The van der Waals surface area contributed by atoms with Gasteiger partial charge in [-0.1, -0.05) is 6.07 Å². The normalized spacial score (nSPS) is 26.6. The number of phenolic OH excluding ortho intramolecular Hbond substituents is 1. The minimum atomic E-state index is -1.90. The molecule has 14 nitrogen and oxygen atoms in total. The number of hydrogen-bond donors (Lipinski definition) is 2. The van der Waals surface area contributed by atoms with Crippen LogP contribution in [0, 0.1) is 0 Å². The summed E-state index contributed by atoms with van der Waals surface area (Å²) in [5.41, 5.74) is -2.67. The van der Waals surface area contributed by atoms with E-state index in [0.29, 0.717) is 24.9 Å². The second kappa shape index (κ2) is 12.6. The fourth-order valence-electron chi connectivity index (χ4n) is 7.45. The summed E-state index contributed by atoms with van der Waals surface area (Å²) in [5.74, 6) is -5.03. The number of nitrogens with zero attached hydrogens (tertiary/aromatic N) is 1. The predicted octanol–water partition coefficient (Wildman–Crippen LogP) is 2.52. The molecule has 1 spiro atoms. The molecule has 4 aliphatic rings. The van der Waals surface area contributed by atoms with Crippen LogP contribution in [0.5, 0.6) is 11.5 Å². The van der Waals surface area contributed by atoms with Gasteiger partial charge in [0.1, 0.15) is 17.0 Å². The molecular weight excluding hydrogens is 642 g/mol. The van der Waals surface area contributed by atoms with Crippen LogP contribution in [0.1, 0.15) is 85.3 Å². The second-order valence-electron chi connectivity index (χ2n) is 15.1. The van der Waals surface area contributed by atoms with Crippen LogP contribution in [-0.4, -0.2) is 99.7 Å². The highest BCUT2D eigenvalue weighted by Gasteiger charge is 2.72. The molecule has 5 rings (SSSR count). The maximum Gasteiger partial charge on any atom is 0.353 e. The molecule has 0 saturated carbocycles. The number of carbonyl (C=O) groups is 5. The lowest BCUT2D eigenvalue weighted by atomic mass is 9.50. The maximum atomic E-state index is 13.9. The van der Waals surface area contributed by atoms with Crippen LogP contribution in [0.4, 0.5) is 0 Å². The Hall–Kier alpha value is -4.17. The van der Waals surface area contributed by atoms with Gasteiger partial charge in [-0.15, -0.1) is 0 Å². The summed E-state index contributed by atoms with van der Waals surface area (Å²) in [7, 11) is 1.94. The minimum Gasteiger partial charge on any atom is -0.504 e. The molecule has 49 heavy (non-hydrogen) atoms. The number of hydrogen-bond acceptors (Lipinski definition) is 14. The van der Waals surface area contributed by atoms with Gasteiger partial charge in [0.2, 0.25) is 12.2 Å². The van der Waals surface area contributed by atoms with Crippen LogP contribution < -0.4 is 4.74 Å². The van der Waals surface area contributed by atoms with Crippen LogP contribution in [0.3, 0.4) is 0 Å². The smallest absolute Gasteiger partial charge is 0.353 e. The number of esters is 5. The third-order valence-electron chi connectivity index (χ3n) is 9.21. The Morgan fingerprint density at radius 2 is 1.55 bits per heavy atom. The van der Waals surface area contributed by atoms with E-state index >= 15 is 0 Å². The van der Waals surface area contributed by atoms with E-state index in [2.05, 4.69) is 4.90 Å². The topological polar surface area (TPSA) is 184 Å². The number of carbonyl (C=O) groups excluding carboxylic acids is 5. The van der Waals surface area contributed by atoms with Crippen molar-refractivity contribution in [2.75, 3.05) is 13.6 Å². The average molecular weight is 688 g/mol. The zero-order valence-corrected chi connectivity index (χ0v) is 29.1. The number of likely N-dealkylation sites (N-methyl/N-ethyl adjacent to an activating group) is 1. The van der Waals surface area contributed by atoms with Crippen molar-refractivity contribution >= 4 is 29.8 Å². The summed E-state index contributed by atoms with van der Waals surface area (Å²) in [4.78, 5) is 66.6. The van der Waals surface area contributed by atoms with Gasteiger partial charge in [0, 0.05) is 24.9 Å². The summed E-state index contributed by atoms with van der Waals surface area (Å²) >= 11 is 0. The molecule has 0 unspecified atom stereocenters. The molecule has 2 aliphatic heterocycles. The first-order valence-corrected chi connectivity index (χ1v) is 16.3. The van der Waals surface area contributed by atoms with E-state index < -0.39 is 83.2 Å². The monoisotopic (exact) mass is 687 g/mol. The minimum absolute atomic E-state index is 0.0111. The number of aliphatic hydroxyl groups is 1. The lowest BCUT2D eigenvalue weighted by Crippen LogP contribution is -2.74. The van der Waals surface area contributed by atoms with Crippen molar-refractivity contribution < 1.29 is 62.6 Å². The standard InChI is InChI=1S/C35H45NO13/c1-18(37)44-22(16-25(39)48-32(2,3)4)30(41)46-23(17-26(40)49-33(5,6)7)31(42)45-21-11-12-35(43)24-15-19-9-10-20(38)28-27(19)34(35,29(21)47-28)13-14-36(24)8/h9-11,22-24,29,38,43H,12-17H2,1-8H3/t22-,23-,24-,29-,34-,35+/m0/s1. The number of phenols is 1. The molecular formula is C35H45NO13. The summed E-state index contributed by atoms with van der Waals surface area (Å²) in [6, 6.07) is 3.06. The molecule has 2 heterocycles. The molecule has 0 aromatic heterocycles. The first-order valence-electron chi connectivity index (χ1n) is 16.3. The molecule has 1 aromatic carbocycles. The predicted molar refractivity (Wildman–Crippen MR) is 169 cm³/mol. The van der Waals surface area contributed by atoms with Gasteiger partial charge in [-0.25, -0.2) is 9.59 Å². The second-order valence-corrected chi connectivity index (χ2v) is 15.1. The Kier molecular flexibility index (Phi) is 9.30. The zero-order valence-electron chi connectivity index (χ0n) is 29.1. The third-order valence-corrected chi connectivity index (χ3v) is 9.21. The summed E-state index contributed by atoms with van der Waals surface area (Å²) < 4.78 is 33.3. The van der Waals surface area contributed by atoms with Gasteiger partial charge >= 0.3 is 29.8 Å². The van der Waals surface area contributed by atoms with Crippen LogP contribution in [-0.2, 0) is 59.5 Å². The number of aromatic hydroxyl groups is 1. The molecule has 1 saturated heterocycles. The molecule has 6 atom stereocenters. The molecule has 2 N–H and O–H groups in total. The molecule has 2 bridgehead atoms. The molecule has 1 fully saturated rings. The highest BCUT2D eigenvalue weighted by molar-refractivity contribution is 5.88. The van der Waals surface area contributed by atoms with Crippen LogP contribution in [0.2, 0.25) is 0 Å². The van der Waals surface area contributed by atoms with Gasteiger partial charge in [-0.3, -0.25) is 14.4 Å². The van der Waals surface area contributed by atoms with Crippen molar-refractivity contribution in [2.24, 2.45) is 0 Å². The number of ether oxygens (including phenoxy) is 6. The van der Waals surface area contributed by atoms with Gasteiger partial charge in [-0.05, 0) is 85.7 Å². The Balaban J connectivity index is 1.44. The zero-order chi connectivity index (χ0) is 36.3. The fraction of sp³-hybridized carbons (Fsp3) is 0.629. The molecule has 14 heteroatoms. The maximum absolute atomic E-state index is 13.9. The Bertz CT molecular complexity index is 1590. The Morgan fingerprint density at radius 1 is 0.959 bits per heavy atom. The average Bonchev–Trinajstić information content (AvgIpc) is 3.31. The van der Waals surface area contributed by atoms with E-state index in [1.54, 1.807) is 41.5 Å². The van der Waals surface area contributed by atoms with E-state index in [1.807, 2.05) is 13.1 Å². The number of likely N-dealkylation sites (tertiary alicyclic amines) is 1. The van der Waals surface area contributed by atoms with Gasteiger partial charge in [-0.2, -0.15) is 0 Å². The van der Waals surface area contributed by atoms with Crippen molar-refractivity contribution in [3.63, 3.8) is 0 Å². The first kappa shape index (κ1) is 36.1. The number of benzene rings is 1. The van der Waals surface area contributed by atoms with Gasteiger partial charge in [0.15, 0.2) is 17.6 Å². The Labute approximate surface area is 284 Å². The fourth-order valence-corrected chi connectivity index (χ4v) is 7.45. The quantitative estimate of drug-likeness (QED) is 0.285. The van der Waals surface area contributed by atoms with Crippen LogP contribution in [0.25, 0.3) is 0 Å². The molecule has 0 radical (unpaired) electrons. The van der Waals surface area contributed by atoms with Crippen molar-refractivity contribution in [1.82, 2.24) is 4.90 Å². The van der Waals surface area contributed by atoms with E-state index in [-0.39, 0.29) is 29.7 Å². The summed E-state index contributed by atoms with van der Waals surface area (Å²) in [6.07, 6.45) is -3.65. The van der Waals surface area contributed by atoms with E-state index in [4.69, 9.17) is 28.4 Å². The molecule has 0 amide bonds. The molecule has 268 valence electrons. The SMILES string of the molecule is CC(=O)O[C@@H](CC(=O)OC(C)(C)C)C(=O)O[C@@H](CC(=O)OC(C)(C)C)C(=O)OC1=CC[C@@]2(O)[C@@H]3Cc4ccc(O)c5c4[C@@]2(CCN3C)[C@H]1O5. The largest absolute Gasteiger partial charge is 0.504 e. The van der Waals surface area contributed by atoms with Crippen molar-refractivity contribution in [3.8, 4) is 11.5 Å². The van der Waals surface area contributed by atoms with E-state index in [9.17, 15) is 34.2 Å².